The summed E-state index contributed by atoms with van der Waals surface area (Å²) in [5.74, 6) is -0.508. The number of ether oxygens (including phenoxy) is 1. The third-order valence-corrected chi connectivity index (χ3v) is 3.04. The Bertz CT molecular complexity index is 489. The lowest BCUT2D eigenvalue weighted by Crippen LogP contribution is -2.35. The Morgan fingerprint density at radius 3 is 2.76 bits per heavy atom. The number of carboxylic acid groups (broad SMARTS) is 1. The number of carboxylic acids is 1. The maximum absolute atomic E-state index is 10.7. The third kappa shape index (κ3) is 2.51. The first-order valence-electron chi connectivity index (χ1n) is 5.16. The molecular weight excluding hydrogens is 242 g/mol. The van der Waals surface area contributed by atoms with Crippen LogP contribution in [0.1, 0.15) is 23.2 Å². The summed E-state index contributed by atoms with van der Waals surface area (Å²) in [6.07, 6.45) is 1.49. The molecule has 0 amide bonds. The zero-order valence-corrected chi connectivity index (χ0v) is 9.65. The SMILES string of the molecule is [C-]#[N+]C1CC(Oc2ccc(C(=O)O)c(Cl)c2)C1. The van der Waals surface area contributed by atoms with Gasteiger partial charge in [0.25, 0.3) is 0 Å². The normalized spacial score (nSPS) is 22.4. The van der Waals surface area contributed by atoms with E-state index < -0.39 is 5.97 Å². The summed E-state index contributed by atoms with van der Waals surface area (Å²) >= 11 is 5.82. The Morgan fingerprint density at radius 1 is 1.53 bits per heavy atom. The molecule has 0 bridgehead atoms. The minimum atomic E-state index is -1.06. The summed E-state index contributed by atoms with van der Waals surface area (Å²) in [4.78, 5) is 14.2. The quantitative estimate of drug-likeness (QED) is 0.841. The monoisotopic (exact) mass is 251 g/mol. The second-order valence-corrected chi connectivity index (χ2v) is 4.35. The van der Waals surface area contributed by atoms with E-state index in [2.05, 4.69) is 4.85 Å². The molecule has 1 aromatic carbocycles. The molecule has 0 spiro atoms. The molecule has 1 aliphatic rings. The summed E-state index contributed by atoms with van der Waals surface area (Å²) in [5, 5.41) is 8.97. The van der Waals surface area contributed by atoms with Crippen molar-refractivity contribution in [1.29, 1.82) is 0 Å². The Hall–Kier alpha value is -1.73. The fraction of sp³-hybridized carbons (Fsp3) is 0.333. The van der Waals surface area contributed by atoms with Gasteiger partial charge in [-0.25, -0.2) is 11.4 Å². The van der Waals surface area contributed by atoms with Gasteiger partial charge in [0.1, 0.15) is 11.9 Å². The highest BCUT2D eigenvalue weighted by Crippen LogP contribution is 2.30. The predicted octanol–water partition coefficient (Wildman–Crippen LogP) is 2.87. The van der Waals surface area contributed by atoms with Crippen LogP contribution in [0, 0.1) is 6.57 Å². The largest absolute Gasteiger partial charge is 0.490 e. The van der Waals surface area contributed by atoms with Crippen molar-refractivity contribution >= 4 is 17.6 Å². The molecule has 1 aromatic rings. The van der Waals surface area contributed by atoms with Gasteiger partial charge in [-0.15, -0.1) is 0 Å². The lowest BCUT2D eigenvalue weighted by molar-refractivity contribution is 0.0697. The number of aromatic carboxylic acids is 1. The van der Waals surface area contributed by atoms with Gasteiger partial charge in [0.05, 0.1) is 23.4 Å². The maximum Gasteiger partial charge on any atom is 0.337 e. The zero-order chi connectivity index (χ0) is 12.4. The Balaban J connectivity index is 2.02. The van der Waals surface area contributed by atoms with Crippen molar-refractivity contribution in [3.8, 4) is 5.75 Å². The highest BCUT2D eigenvalue weighted by molar-refractivity contribution is 6.33. The van der Waals surface area contributed by atoms with Crippen LogP contribution in [0.25, 0.3) is 4.85 Å². The molecule has 1 aliphatic carbocycles. The van der Waals surface area contributed by atoms with Crippen LogP contribution in [-0.2, 0) is 0 Å². The van der Waals surface area contributed by atoms with Gasteiger partial charge >= 0.3 is 5.97 Å². The van der Waals surface area contributed by atoms with Crippen LogP contribution in [0.5, 0.6) is 5.75 Å². The highest BCUT2D eigenvalue weighted by Gasteiger charge is 2.35. The van der Waals surface area contributed by atoms with Crippen molar-refractivity contribution in [3.63, 3.8) is 0 Å². The lowest BCUT2D eigenvalue weighted by atomic mass is 9.90. The van der Waals surface area contributed by atoms with E-state index in [4.69, 9.17) is 28.0 Å². The average molecular weight is 252 g/mol. The predicted molar refractivity (Wildman–Crippen MR) is 62.5 cm³/mol. The minimum Gasteiger partial charge on any atom is -0.490 e. The molecule has 0 radical (unpaired) electrons. The van der Waals surface area contributed by atoms with Crippen LogP contribution >= 0.6 is 11.6 Å². The smallest absolute Gasteiger partial charge is 0.337 e. The van der Waals surface area contributed by atoms with E-state index >= 15 is 0 Å². The van der Waals surface area contributed by atoms with Gasteiger partial charge in [-0.3, -0.25) is 0 Å². The molecule has 0 saturated heterocycles. The fourth-order valence-corrected chi connectivity index (χ4v) is 1.93. The molecule has 0 unspecified atom stereocenters. The molecule has 2 rings (SSSR count). The number of nitrogens with zero attached hydrogens (tertiary/aromatic N) is 1. The van der Waals surface area contributed by atoms with Crippen molar-refractivity contribution in [2.45, 2.75) is 25.0 Å². The van der Waals surface area contributed by atoms with Gasteiger partial charge in [0, 0.05) is 0 Å². The van der Waals surface area contributed by atoms with Gasteiger partial charge in [-0.05, 0) is 18.2 Å². The van der Waals surface area contributed by atoms with Crippen LogP contribution in [0.3, 0.4) is 0 Å². The fourth-order valence-electron chi connectivity index (χ4n) is 1.67. The Labute approximate surface area is 104 Å². The lowest BCUT2D eigenvalue weighted by Gasteiger charge is -2.27. The minimum absolute atomic E-state index is 0.0424. The van der Waals surface area contributed by atoms with E-state index in [0.29, 0.717) is 5.75 Å². The molecule has 88 valence electrons. The van der Waals surface area contributed by atoms with Gasteiger partial charge in [-0.2, -0.15) is 0 Å². The molecule has 1 N–H and O–H groups in total. The number of benzene rings is 1. The first-order valence-corrected chi connectivity index (χ1v) is 5.54. The van der Waals surface area contributed by atoms with E-state index in [1.54, 1.807) is 6.07 Å². The van der Waals surface area contributed by atoms with E-state index in [1.165, 1.54) is 12.1 Å². The van der Waals surface area contributed by atoms with Crippen molar-refractivity contribution in [2.75, 3.05) is 0 Å². The van der Waals surface area contributed by atoms with Crippen LogP contribution in [0.2, 0.25) is 5.02 Å². The summed E-state index contributed by atoms with van der Waals surface area (Å²) in [5.41, 5.74) is 0.0617. The van der Waals surface area contributed by atoms with Gasteiger partial charge in [0.15, 0.2) is 0 Å². The van der Waals surface area contributed by atoms with E-state index in [0.717, 1.165) is 12.8 Å². The van der Waals surface area contributed by atoms with E-state index in [9.17, 15) is 4.79 Å². The van der Waals surface area contributed by atoms with Crippen LogP contribution in [0.15, 0.2) is 18.2 Å². The molecule has 0 aliphatic heterocycles. The summed E-state index contributed by atoms with van der Waals surface area (Å²) in [6, 6.07) is 4.57. The molecule has 0 heterocycles. The molecule has 0 aromatic heterocycles. The third-order valence-electron chi connectivity index (χ3n) is 2.73. The summed E-state index contributed by atoms with van der Waals surface area (Å²) in [6.45, 7) is 6.82. The molecule has 4 nitrogen and oxygen atoms in total. The molecular formula is C12H10ClNO3. The summed E-state index contributed by atoms with van der Waals surface area (Å²) < 4.78 is 5.58. The first-order chi connectivity index (χ1) is 8.10. The first kappa shape index (κ1) is 11.7. The van der Waals surface area contributed by atoms with Gasteiger partial charge in [0.2, 0.25) is 6.04 Å². The number of carbonyl (C=O) groups is 1. The van der Waals surface area contributed by atoms with Crippen molar-refractivity contribution in [1.82, 2.24) is 0 Å². The van der Waals surface area contributed by atoms with E-state index in [-0.39, 0.29) is 22.7 Å². The topological polar surface area (TPSA) is 50.9 Å². The maximum atomic E-state index is 10.7. The molecule has 0 atom stereocenters. The number of hydrogen-bond acceptors (Lipinski definition) is 2. The Kier molecular flexibility index (Phi) is 3.21. The van der Waals surface area contributed by atoms with Gasteiger partial charge in [-0.1, -0.05) is 11.6 Å². The van der Waals surface area contributed by atoms with Crippen LogP contribution in [-0.4, -0.2) is 23.2 Å². The molecule has 1 fully saturated rings. The van der Waals surface area contributed by atoms with Crippen LogP contribution in [0.4, 0.5) is 0 Å². The van der Waals surface area contributed by atoms with Crippen molar-refractivity contribution in [3.05, 3.63) is 40.2 Å². The number of hydrogen-bond donors (Lipinski definition) is 1. The number of rotatable bonds is 3. The van der Waals surface area contributed by atoms with Crippen molar-refractivity contribution < 1.29 is 14.6 Å². The number of halogens is 1. The Morgan fingerprint density at radius 2 is 2.24 bits per heavy atom. The average Bonchev–Trinajstić information content (AvgIpc) is 2.22. The standard InChI is InChI=1S/C12H10ClNO3/c1-14-7-4-9(5-7)17-8-2-3-10(12(15)16)11(13)6-8/h2-3,6-7,9H,4-5H2,(H,15,16). The van der Waals surface area contributed by atoms with Crippen LogP contribution < -0.4 is 4.74 Å². The second kappa shape index (κ2) is 4.64. The molecule has 1 saturated carbocycles. The highest BCUT2D eigenvalue weighted by atomic mass is 35.5. The van der Waals surface area contributed by atoms with Crippen molar-refractivity contribution in [2.24, 2.45) is 0 Å². The molecule has 17 heavy (non-hydrogen) atoms. The second-order valence-electron chi connectivity index (χ2n) is 3.94. The van der Waals surface area contributed by atoms with E-state index in [1.807, 2.05) is 0 Å². The zero-order valence-electron chi connectivity index (χ0n) is 8.89. The molecule has 5 heteroatoms. The van der Waals surface area contributed by atoms with Gasteiger partial charge < -0.3 is 14.7 Å². The summed E-state index contributed by atoms with van der Waals surface area (Å²) in [7, 11) is 0.